The van der Waals surface area contributed by atoms with Crippen LogP contribution in [0.15, 0.2) is 81.8 Å². The number of nitrogens with zero attached hydrogens (tertiary/aromatic N) is 2. The molecule has 0 unspecified atom stereocenters. The predicted molar refractivity (Wildman–Crippen MR) is 114 cm³/mol. The molecule has 0 radical (unpaired) electrons. The average Bonchev–Trinajstić information content (AvgIpc) is 3.37. The monoisotopic (exact) mass is 402 g/mol. The molecule has 0 spiro atoms. The number of thioether (sulfide) groups is 1. The number of carbonyl (C=O) groups is 1. The summed E-state index contributed by atoms with van der Waals surface area (Å²) >= 11 is 3.01. The summed E-state index contributed by atoms with van der Waals surface area (Å²) in [6.07, 6.45) is 1.56. The van der Waals surface area contributed by atoms with E-state index in [-0.39, 0.29) is 11.5 Å². The van der Waals surface area contributed by atoms with Crippen molar-refractivity contribution in [3.05, 3.63) is 78.1 Å². The summed E-state index contributed by atoms with van der Waals surface area (Å²) in [5, 5.41) is 4.85. The predicted octanol–water partition coefficient (Wildman–Crippen LogP) is 6.08. The molecule has 0 saturated carbocycles. The molecule has 5 aromatic rings. The van der Waals surface area contributed by atoms with Crippen molar-refractivity contribution in [2.45, 2.75) is 5.03 Å². The Bertz CT molecular complexity index is 1260. The molecule has 0 aliphatic rings. The number of fused-ring (bicyclic) bond motifs is 2. The summed E-state index contributed by atoms with van der Waals surface area (Å²) in [6, 6.07) is 19.6. The molecule has 4 nitrogen and oxygen atoms in total. The fraction of sp³-hybridized carbons (Fsp3) is 0.0455. The van der Waals surface area contributed by atoms with E-state index in [2.05, 4.69) is 27.5 Å². The first-order valence-corrected chi connectivity index (χ1v) is 10.6. The highest BCUT2D eigenvalue weighted by molar-refractivity contribution is 8.00. The second-order valence-corrected chi connectivity index (χ2v) is 8.06. The number of hydrogen-bond acceptors (Lipinski definition) is 6. The van der Waals surface area contributed by atoms with Gasteiger partial charge in [0.05, 0.1) is 11.1 Å². The Kier molecular flexibility index (Phi) is 4.43. The number of aromatic nitrogens is 2. The number of rotatable bonds is 5. The topological polar surface area (TPSA) is 56.0 Å². The number of para-hydroxylation sites is 1. The van der Waals surface area contributed by atoms with E-state index in [0.29, 0.717) is 5.76 Å². The molecule has 0 bridgehead atoms. The zero-order valence-corrected chi connectivity index (χ0v) is 16.3. The van der Waals surface area contributed by atoms with E-state index in [4.69, 9.17) is 4.42 Å². The molecule has 3 aromatic heterocycles. The maximum Gasteiger partial charge on any atom is 0.208 e. The fourth-order valence-corrected chi connectivity index (χ4v) is 4.97. The summed E-state index contributed by atoms with van der Waals surface area (Å²) in [5.74, 6) is 0.591. The normalized spacial score (nSPS) is 11.3. The lowest BCUT2D eigenvalue weighted by molar-refractivity contribution is 0.0994. The van der Waals surface area contributed by atoms with Crippen molar-refractivity contribution in [3.63, 3.8) is 0 Å². The lowest BCUT2D eigenvalue weighted by atomic mass is 10.1. The van der Waals surface area contributed by atoms with Crippen LogP contribution in [-0.4, -0.2) is 21.5 Å². The van der Waals surface area contributed by atoms with Gasteiger partial charge in [0.2, 0.25) is 5.78 Å². The Balaban J connectivity index is 1.45. The number of carbonyl (C=O) groups excluding carboxylic acids is 1. The van der Waals surface area contributed by atoms with Crippen LogP contribution in [0.2, 0.25) is 0 Å². The number of thiophene rings is 1. The van der Waals surface area contributed by atoms with Crippen LogP contribution in [0.4, 0.5) is 0 Å². The summed E-state index contributed by atoms with van der Waals surface area (Å²) in [6.45, 7) is 0. The zero-order chi connectivity index (χ0) is 18.9. The van der Waals surface area contributed by atoms with Crippen molar-refractivity contribution in [1.29, 1.82) is 0 Å². The molecule has 136 valence electrons. The third-order valence-electron chi connectivity index (χ3n) is 4.46. The molecule has 28 heavy (non-hydrogen) atoms. The van der Waals surface area contributed by atoms with Crippen LogP contribution in [-0.2, 0) is 0 Å². The highest BCUT2D eigenvalue weighted by atomic mass is 32.2. The summed E-state index contributed by atoms with van der Waals surface area (Å²) in [7, 11) is 0. The molecule has 3 heterocycles. The minimum atomic E-state index is -0.0514. The Morgan fingerprint density at radius 2 is 1.86 bits per heavy atom. The van der Waals surface area contributed by atoms with Gasteiger partial charge in [0, 0.05) is 16.3 Å². The molecule has 0 N–H and O–H groups in total. The number of furan rings is 1. The third kappa shape index (κ3) is 3.10. The van der Waals surface area contributed by atoms with Crippen molar-refractivity contribution >= 4 is 50.1 Å². The van der Waals surface area contributed by atoms with E-state index >= 15 is 0 Å². The van der Waals surface area contributed by atoms with Crippen LogP contribution in [0.3, 0.4) is 0 Å². The summed E-state index contributed by atoms with van der Waals surface area (Å²) < 4.78 is 5.69. The van der Waals surface area contributed by atoms with E-state index in [9.17, 15) is 4.79 Å². The van der Waals surface area contributed by atoms with Gasteiger partial charge in [0.15, 0.2) is 5.76 Å². The smallest absolute Gasteiger partial charge is 0.208 e. The Hall–Kier alpha value is -2.96. The maximum atomic E-state index is 12.7. The molecular formula is C22H14N2O2S2. The van der Waals surface area contributed by atoms with E-state index in [0.717, 1.165) is 37.3 Å². The number of ketones is 1. The fourth-order valence-electron chi connectivity index (χ4n) is 3.11. The molecule has 2 aromatic carbocycles. The van der Waals surface area contributed by atoms with Crippen LogP contribution in [0.25, 0.3) is 32.3 Å². The van der Waals surface area contributed by atoms with E-state index in [1.54, 1.807) is 23.7 Å². The molecule has 0 aliphatic carbocycles. The van der Waals surface area contributed by atoms with Gasteiger partial charge in [-0.15, -0.1) is 11.3 Å². The van der Waals surface area contributed by atoms with E-state index in [1.165, 1.54) is 11.8 Å². The second kappa shape index (κ2) is 7.22. The third-order valence-corrected chi connectivity index (χ3v) is 6.34. The zero-order valence-electron chi connectivity index (χ0n) is 14.7. The molecule has 5 rings (SSSR count). The van der Waals surface area contributed by atoms with Crippen LogP contribution in [0.5, 0.6) is 0 Å². The van der Waals surface area contributed by atoms with Gasteiger partial charge in [-0.25, -0.2) is 9.97 Å². The van der Waals surface area contributed by atoms with Gasteiger partial charge in [-0.05, 0) is 17.7 Å². The van der Waals surface area contributed by atoms with Crippen LogP contribution >= 0.6 is 23.1 Å². The van der Waals surface area contributed by atoms with Gasteiger partial charge < -0.3 is 4.42 Å². The van der Waals surface area contributed by atoms with Gasteiger partial charge >= 0.3 is 0 Å². The lowest BCUT2D eigenvalue weighted by Gasteiger charge is -2.04. The highest BCUT2D eigenvalue weighted by Crippen LogP contribution is 2.38. The highest BCUT2D eigenvalue weighted by Gasteiger charge is 2.17. The molecule has 0 amide bonds. The molecule has 0 aliphatic heterocycles. The molecule has 0 saturated heterocycles. The van der Waals surface area contributed by atoms with Crippen molar-refractivity contribution in [1.82, 2.24) is 9.97 Å². The quantitative estimate of drug-likeness (QED) is 0.203. The lowest BCUT2D eigenvalue weighted by Crippen LogP contribution is -2.01. The van der Waals surface area contributed by atoms with Gasteiger partial charge in [-0.3, -0.25) is 4.79 Å². The first-order valence-electron chi connectivity index (χ1n) is 8.72. The van der Waals surface area contributed by atoms with Crippen molar-refractivity contribution in [3.8, 4) is 11.1 Å². The van der Waals surface area contributed by atoms with Crippen LogP contribution in [0, 0.1) is 0 Å². The molecule has 6 heteroatoms. The maximum absolute atomic E-state index is 12.7. The number of hydrogen-bond donors (Lipinski definition) is 0. The molecule has 0 fully saturated rings. The Morgan fingerprint density at radius 3 is 2.71 bits per heavy atom. The van der Waals surface area contributed by atoms with E-state index < -0.39 is 0 Å². The standard InChI is InChI=1S/C22H14N2O2S2/c25-17(19-10-15-8-4-5-9-18(15)26-19)12-28-22-20-16(14-6-2-1-3-7-14)11-27-21(20)23-13-24-22/h1-11,13H,12H2. The van der Waals surface area contributed by atoms with Gasteiger partial charge in [-0.2, -0.15) is 0 Å². The first kappa shape index (κ1) is 17.2. The van der Waals surface area contributed by atoms with Gasteiger partial charge in [0.25, 0.3) is 0 Å². The SMILES string of the molecule is O=C(CSc1ncnc2scc(-c3ccccc3)c12)c1cc2ccccc2o1. The van der Waals surface area contributed by atoms with Crippen molar-refractivity contribution < 1.29 is 9.21 Å². The minimum absolute atomic E-state index is 0.0514. The average molecular weight is 403 g/mol. The summed E-state index contributed by atoms with van der Waals surface area (Å²) in [5.41, 5.74) is 2.94. The number of benzene rings is 2. The van der Waals surface area contributed by atoms with Crippen molar-refractivity contribution in [2.24, 2.45) is 0 Å². The Morgan fingerprint density at radius 1 is 1.04 bits per heavy atom. The van der Waals surface area contributed by atoms with Gasteiger partial charge in [-0.1, -0.05) is 60.3 Å². The second-order valence-electron chi connectivity index (χ2n) is 6.23. The molecular weight excluding hydrogens is 388 g/mol. The largest absolute Gasteiger partial charge is 0.453 e. The van der Waals surface area contributed by atoms with E-state index in [1.807, 2.05) is 42.5 Å². The molecule has 0 atom stereocenters. The van der Waals surface area contributed by atoms with Crippen molar-refractivity contribution in [2.75, 3.05) is 5.75 Å². The first-order chi connectivity index (χ1) is 13.8. The van der Waals surface area contributed by atoms with Crippen LogP contribution < -0.4 is 0 Å². The summed E-state index contributed by atoms with van der Waals surface area (Å²) in [4.78, 5) is 22.4. The minimum Gasteiger partial charge on any atom is -0.453 e. The Labute approximate surface area is 169 Å². The number of Topliss-reactive ketones (excluding diaryl/α,β-unsaturated/α-hetero) is 1. The van der Waals surface area contributed by atoms with Gasteiger partial charge in [0.1, 0.15) is 21.8 Å². The van der Waals surface area contributed by atoms with Crippen LogP contribution in [0.1, 0.15) is 10.6 Å².